The number of rotatable bonds is 8. The van der Waals surface area contributed by atoms with Gasteiger partial charge in [0.25, 0.3) is 0 Å². The number of guanidine groups is 1. The third-order valence-electron chi connectivity index (χ3n) is 4.24. The molecule has 7 nitrogen and oxygen atoms in total. The number of nitrogens with one attached hydrogen (secondary N) is 2. The molecule has 8 heteroatoms. The SMILES string of the molecule is CCN1CCCC1CNC(=NC)NCCCCn1cnnc1.I. The van der Waals surface area contributed by atoms with Crippen molar-refractivity contribution in [2.24, 2.45) is 4.99 Å². The highest BCUT2D eigenvalue weighted by atomic mass is 127. The Morgan fingerprint density at radius 2 is 2.04 bits per heavy atom. The smallest absolute Gasteiger partial charge is 0.191 e. The Labute approximate surface area is 156 Å². The van der Waals surface area contributed by atoms with Crippen LogP contribution >= 0.6 is 24.0 Å². The van der Waals surface area contributed by atoms with Crippen molar-refractivity contribution in [3.8, 4) is 0 Å². The minimum atomic E-state index is 0. The van der Waals surface area contributed by atoms with E-state index >= 15 is 0 Å². The van der Waals surface area contributed by atoms with Crippen LogP contribution < -0.4 is 10.6 Å². The minimum Gasteiger partial charge on any atom is -0.356 e. The van der Waals surface area contributed by atoms with Crippen LogP contribution in [0, 0.1) is 0 Å². The van der Waals surface area contributed by atoms with E-state index in [4.69, 9.17) is 0 Å². The molecule has 0 bridgehead atoms. The molecule has 1 aliphatic heterocycles. The van der Waals surface area contributed by atoms with E-state index in [-0.39, 0.29) is 24.0 Å². The van der Waals surface area contributed by atoms with E-state index in [1.54, 1.807) is 12.7 Å². The van der Waals surface area contributed by atoms with Gasteiger partial charge in [0.15, 0.2) is 5.96 Å². The first-order chi connectivity index (χ1) is 10.8. The molecule has 0 aromatic carbocycles. The molecule has 1 unspecified atom stereocenters. The molecule has 0 amide bonds. The average Bonchev–Trinajstić information content (AvgIpc) is 3.21. The Bertz CT molecular complexity index is 435. The van der Waals surface area contributed by atoms with Crippen LogP contribution in [0.1, 0.15) is 32.6 Å². The van der Waals surface area contributed by atoms with Crippen molar-refractivity contribution in [2.45, 2.75) is 45.2 Å². The predicted molar refractivity (Wildman–Crippen MR) is 104 cm³/mol. The fourth-order valence-corrected chi connectivity index (χ4v) is 2.94. The van der Waals surface area contributed by atoms with Crippen molar-refractivity contribution in [1.29, 1.82) is 0 Å². The topological polar surface area (TPSA) is 70.4 Å². The first kappa shape index (κ1) is 20.1. The number of likely N-dealkylation sites (N-methyl/N-ethyl adjacent to an activating group) is 1. The van der Waals surface area contributed by atoms with Gasteiger partial charge in [0.1, 0.15) is 12.7 Å². The zero-order chi connectivity index (χ0) is 15.6. The van der Waals surface area contributed by atoms with Crippen molar-refractivity contribution in [3.63, 3.8) is 0 Å². The molecule has 2 N–H and O–H groups in total. The van der Waals surface area contributed by atoms with Crippen LogP contribution in [0.4, 0.5) is 0 Å². The second-order valence-electron chi connectivity index (χ2n) is 5.71. The summed E-state index contributed by atoms with van der Waals surface area (Å²) in [4.78, 5) is 6.84. The molecule has 0 radical (unpaired) electrons. The molecule has 1 fully saturated rings. The average molecular weight is 435 g/mol. The first-order valence-corrected chi connectivity index (χ1v) is 8.34. The lowest BCUT2D eigenvalue weighted by Gasteiger charge is -2.24. The number of hydrogen-bond donors (Lipinski definition) is 2. The van der Waals surface area contributed by atoms with Gasteiger partial charge < -0.3 is 15.2 Å². The summed E-state index contributed by atoms with van der Waals surface area (Å²) in [6.07, 6.45) is 8.33. The number of aryl methyl sites for hydroxylation is 1. The van der Waals surface area contributed by atoms with E-state index in [9.17, 15) is 0 Å². The summed E-state index contributed by atoms with van der Waals surface area (Å²) >= 11 is 0. The summed E-state index contributed by atoms with van der Waals surface area (Å²) < 4.78 is 2.01. The molecule has 23 heavy (non-hydrogen) atoms. The van der Waals surface area contributed by atoms with Gasteiger partial charge in [-0.15, -0.1) is 34.2 Å². The molecule has 0 saturated carbocycles. The van der Waals surface area contributed by atoms with Gasteiger partial charge in [-0.3, -0.25) is 9.89 Å². The second kappa shape index (κ2) is 11.6. The maximum Gasteiger partial charge on any atom is 0.191 e. The van der Waals surface area contributed by atoms with Crippen LogP contribution in [0.5, 0.6) is 0 Å². The number of halogens is 1. The van der Waals surface area contributed by atoms with E-state index in [1.165, 1.54) is 19.4 Å². The lowest BCUT2D eigenvalue weighted by Crippen LogP contribution is -2.45. The quantitative estimate of drug-likeness (QED) is 0.279. The van der Waals surface area contributed by atoms with Crippen LogP contribution in [-0.4, -0.2) is 64.9 Å². The number of hydrogen-bond acceptors (Lipinski definition) is 4. The standard InChI is InChI=1S/C15H29N7.HI/c1-3-22-10-6-7-14(22)11-18-15(16-2)17-8-4-5-9-21-12-19-20-13-21;/h12-14H,3-11H2,1-2H3,(H2,16,17,18);1H. The van der Waals surface area contributed by atoms with Crippen molar-refractivity contribution < 1.29 is 0 Å². The Hall–Kier alpha value is -0.900. The van der Waals surface area contributed by atoms with Crippen molar-refractivity contribution in [2.75, 3.05) is 33.2 Å². The Kier molecular flexibility index (Phi) is 10.2. The number of likely N-dealkylation sites (tertiary alicyclic amines) is 1. The molecule has 1 saturated heterocycles. The second-order valence-corrected chi connectivity index (χ2v) is 5.71. The summed E-state index contributed by atoms with van der Waals surface area (Å²) in [7, 11) is 1.83. The van der Waals surface area contributed by atoms with Gasteiger partial charge in [0.05, 0.1) is 0 Å². The number of aromatic nitrogens is 3. The van der Waals surface area contributed by atoms with Crippen LogP contribution in [0.3, 0.4) is 0 Å². The van der Waals surface area contributed by atoms with E-state index in [2.05, 4.69) is 37.6 Å². The molecule has 1 atom stereocenters. The molecule has 0 aliphatic carbocycles. The third kappa shape index (κ3) is 7.03. The fraction of sp³-hybridized carbons (Fsp3) is 0.800. The zero-order valence-corrected chi connectivity index (χ0v) is 16.6. The molecule has 2 heterocycles. The lowest BCUT2D eigenvalue weighted by molar-refractivity contribution is 0.267. The van der Waals surface area contributed by atoms with Gasteiger partial charge >= 0.3 is 0 Å². The van der Waals surface area contributed by atoms with Crippen molar-refractivity contribution in [1.82, 2.24) is 30.3 Å². The molecule has 1 aromatic heterocycles. The lowest BCUT2D eigenvalue weighted by atomic mass is 10.2. The minimum absolute atomic E-state index is 0. The highest BCUT2D eigenvalue weighted by Crippen LogP contribution is 2.15. The van der Waals surface area contributed by atoms with Gasteiger partial charge in [-0.1, -0.05) is 6.92 Å². The fourth-order valence-electron chi connectivity index (χ4n) is 2.94. The Morgan fingerprint density at radius 3 is 2.74 bits per heavy atom. The first-order valence-electron chi connectivity index (χ1n) is 8.34. The van der Waals surface area contributed by atoms with E-state index in [1.807, 2.05) is 11.6 Å². The van der Waals surface area contributed by atoms with Crippen molar-refractivity contribution >= 4 is 29.9 Å². The molecule has 2 rings (SSSR count). The third-order valence-corrected chi connectivity index (χ3v) is 4.24. The normalized spacial score (nSPS) is 18.7. The van der Waals surface area contributed by atoms with Crippen LogP contribution in [-0.2, 0) is 6.54 Å². The van der Waals surface area contributed by atoms with E-state index in [0.717, 1.165) is 45.0 Å². The predicted octanol–water partition coefficient (Wildman–Crippen LogP) is 1.33. The summed E-state index contributed by atoms with van der Waals surface area (Å²) in [5.41, 5.74) is 0. The molecular weight excluding hydrogens is 405 g/mol. The van der Waals surface area contributed by atoms with Gasteiger partial charge in [0, 0.05) is 32.7 Å². The number of unbranched alkanes of at least 4 members (excludes halogenated alkanes) is 1. The molecule has 0 spiro atoms. The van der Waals surface area contributed by atoms with Gasteiger partial charge in [-0.25, -0.2) is 0 Å². The van der Waals surface area contributed by atoms with E-state index < -0.39 is 0 Å². The van der Waals surface area contributed by atoms with Crippen LogP contribution in [0.2, 0.25) is 0 Å². The molecule has 1 aliphatic rings. The maximum atomic E-state index is 4.30. The van der Waals surface area contributed by atoms with Crippen LogP contribution in [0.15, 0.2) is 17.6 Å². The summed E-state index contributed by atoms with van der Waals surface area (Å²) in [6.45, 7) is 7.49. The van der Waals surface area contributed by atoms with Crippen molar-refractivity contribution in [3.05, 3.63) is 12.7 Å². The number of aliphatic imine (C=N–C) groups is 1. The highest BCUT2D eigenvalue weighted by molar-refractivity contribution is 14.0. The van der Waals surface area contributed by atoms with Crippen LogP contribution in [0.25, 0.3) is 0 Å². The molecule has 1 aromatic rings. The maximum absolute atomic E-state index is 4.30. The van der Waals surface area contributed by atoms with E-state index in [0.29, 0.717) is 6.04 Å². The summed E-state index contributed by atoms with van der Waals surface area (Å²) in [5, 5.41) is 14.4. The summed E-state index contributed by atoms with van der Waals surface area (Å²) in [5.74, 6) is 0.909. The largest absolute Gasteiger partial charge is 0.356 e. The Balaban J connectivity index is 0.00000264. The zero-order valence-electron chi connectivity index (χ0n) is 14.2. The van der Waals surface area contributed by atoms with Gasteiger partial charge in [-0.05, 0) is 38.8 Å². The summed E-state index contributed by atoms with van der Waals surface area (Å²) in [6, 6.07) is 0.650. The van der Waals surface area contributed by atoms with Gasteiger partial charge in [-0.2, -0.15) is 0 Å². The number of nitrogens with zero attached hydrogens (tertiary/aromatic N) is 5. The Morgan fingerprint density at radius 1 is 1.26 bits per heavy atom. The monoisotopic (exact) mass is 435 g/mol. The highest BCUT2D eigenvalue weighted by Gasteiger charge is 2.22. The van der Waals surface area contributed by atoms with Gasteiger partial charge in [0.2, 0.25) is 0 Å². The molecular formula is C15H30IN7. The molecule has 132 valence electrons.